The van der Waals surface area contributed by atoms with Gasteiger partial charge in [-0.25, -0.2) is 13.6 Å². The smallest absolute Gasteiger partial charge is 0.410 e. The van der Waals surface area contributed by atoms with Gasteiger partial charge in [-0.1, -0.05) is 0 Å². The number of benzene rings is 1. The van der Waals surface area contributed by atoms with Crippen LogP contribution < -0.4 is 11.1 Å². The third kappa shape index (κ3) is 4.71. The van der Waals surface area contributed by atoms with Crippen molar-refractivity contribution in [2.24, 2.45) is 0 Å². The number of halogens is 2. The Morgan fingerprint density at radius 2 is 1.83 bits per heavy atom. The van der Waals surface area contributed by atoms with E-state index >= 15 is 0 Å². The molecule has 1 heterocycles. The van der Waals surface area contributed by atoms with Crippen LogP contribution in [0, 0.1) is 11.6 Å². The maximum Gasteiger partial charge on any atom is 0.410 e. The number of hydrogen-bond donors (Lipinski definition) is 2. The van der Waals surface area contributed by atoms with Crippen LogP contribution in [0.4, 0.5) is 25.0 Å². The van der Waals surface area contributed by atoms with Crippen molar-refractivity contribution < 1.29 is 18.3 Å². The van der Waals surface area contributed by atoms with Crippen LogP contribution in [0.1, 0.15) is 33.6 Å². The molecule has 0 aromatic heterocycles. The Labute approximate surface area is 134 Å². The summed E-state index contributed by atoms with van der Waals surface area (Å²) in [5.74, 6) is -1.90. The predicted molar refractivity (Wildman–Crippen MR) is 85.2 cm³/mol. The van der Waals surface area contributed by atoms with Crippen molar-refractivity contribution in [3.05, 3.63) is 23.8 Å². The van der Waals surface area contributed by atoms with Crippen LogP contribution in [-0.2, 0) is 4.74 Å². The quantitative estimate of drug-likeness (QED) is 0.817. The van der Waals surface area contributed by atoms with Gasteiger partial charge in [-0.3, -0.25) is 0 Å². The summed E-state index contributed by atoms with van der Waals surface area (Å²) in [5.41, 5.74) is 5.72. The number of carbonyl (C=O) groups is 1. The van der Waals surface area contributed by atoms with E-state index in [1.807, 2.05) is 20.8 Å². The first kappa shape index (κ1) is 17.3. The van der Waals surface area contributed by atoms with Gasteiger partial charge in [0.25, 0.3) is 0 Å². The van der Waals surface area contributed by atoms with Crippen LogP contribution in [0.25, 0.3) is 0 Å². The second-order valence-corrected chi connectivity index (χ2v) is 6.74. The molecule has 1 aromatic rings. The van der Waals surface area contributed by atoms with E-state index in [1.165, 1.54) is 0 Å². The summed E-state index contributed by atoms with van der Waals surface area (Å²) in [6.45, 7) is 6.55. The first-order valence-corrected chi connectivity index (χ1v) is 7.64. The van der Waals surface area contributed by atoms with Gasteiger partial charge >= 0.3 is 6.09 Å². The highest BCUT2D eigenvalue weighted by Gasteiger charge is 2.27. The number of amides is 1. The second kappa shape index (κ2) is 6.60. The molecular formula is C16H23F2N3O2. The number of hydrogen-bond acceptors (Lipinski definition) is 4. The molecule has 1 amide bonds. The van der Waals surface area contributed by atoms with Crippen LogP contribution >= 0.6 is 0 Å². The Morgan fingerprint density at radius 1 is 1.26 bits per heavy atom. The number of carbonyl (C=O) groups excluding carboxylic acids is 1. The zero-order valence-corrected chi connectivity index (χ0v) is 13.7. The van der Waals surface area contributed by atoms with Gasteiger partial charge in [0, 0.05) is 31.3 Å². The maximum absolute atomic E-state index is 13.3. The SMILES string of the molecule is CC(C)(C)OC(=O)N1CCC(Nc2cc(F)c(F)cc2N)CC1. The molecule has 0 saturated carbocycles. The molecule has 1 aliphatic heterocycles. The highest BCUT2D eigenvalue weighted by Crippen LogP contribution is 2.25. The molecular weight excluding hydrogens is 304 g/mol. The number of nitrogens with two attached hydrogens (primary N) is 1. The minimum absolute atomic E-state index is 0.0425. The molecule has 0 aliphatic carbocycles. The fourth-order valence-electron chi connectivity index (χ4n) is 2.44. The topological polar surface area (TPSA) is 67.6 Å². The molecule has 128 valence electrons. The van der Waals surface area contributed by atoms with Crippen molar-refractivity contribution >= 4 is 17.5 Å². The average molecular weight is 327 g/mol. The molecule has 1 aromatic carbocycles. The zero-order chi connectivity index (χ0) is 17.2. The molecule has 1 aliphatic rings. The Morgan fingerprint density at radius 3 is 2.39 bits per heavy atom. The fourth-order valence-corrected chi connectivity index (χ4v) is 2.44. The summed E-state index contributed by atoms with van der Waals surface area (Å²) in [6, 6.07) is 2.07. The fraction of sp³-hybridized carbons (Fsp3) is 0.562. The molecule has 0 spiro atoms. The zero-order valence-electron chi connectivity index (χ0n) is 13.7. The number of nitrogens with one attached hydrogen (secondary N) is 1. The van der Waals surface area contributed by atoms with E-state index in [0.29, 0.717) is 31.6 Å². The average Bonchev–Trinajstić information content (AvgIpc) is 2.43. The van der Waals surface area contributed by atoms with Crippen molar-refractivity contribution in [1.82, 2.24) is 4.90 Å². The van der Waals surface area contributed by atoms with E-state index in [0.717, 1.165) is 12.1 Å². The lowest BCUT2D eigenvalue weighted by Gasteiger charge is -2.34. The third-order valence-corrected chi connectivity index (χ3v) is 3.60. The number of rotatable bonds is 2. The third-order valence-electron chi connectivity index (χ3n) is 3.60. The van der Waals surface area contributed by atoms with Crippen LogP contribution in [0.5, 0.6) is 0 Å². The van der Waals surface area contributed by atoms with Gasteiger partial charge in [0.2, 0.25) is 0 Å². The summed E-state index contributed by atoms with van der Waals surface area (Å²) in [5, 5.41) is 3.11. The number of nitrogen functional groups attached to an aromatic ring is 1. The van der Waals surface area contributed by atoms with Gasteiger partial charge in [0.05, 0.1) is 11.4 Å². The lowest BCUT2D eigenvalue weighted by atomic mass is 10.0. The van der Waals surface area contributed by atoms with E-state index < -0.39 is 17.2 Å². The number of nitrogens with zero attached hydrogens (tertiary/aromatic N) is 1. The Bertz CT molecular complexity index is 579. The lowest BCUT2D eigenvalue weighted by molar-refractivity contribution is 0.0210. The second-order valence-electron chi connectivity index (χ2n) is 6.74. The normalized spacial score (nSPS) is 16.3. The molecule has 3 N–H and O–H groups in total. The van der Waals surface area contributed by atoms with Crippen LogP contribution in [0.15, 0.2) is 12.1 Å². The van der Waals surface area contributed by atoms with Gasteiger partial charge in [-0.15, -0.1) is 0 Å². The maximum atomic E-state index is 13.3. The Kier molecular flexibility index (Phi) is 4.97. The number of piperidine rings is 1. The molecule has 0 atom stereocenters. The highest BCUT2D eigenvalue weighted by molar-refractivity contribution is 5.69. The van der Waals surface area contributed by atoms with Crippen LogP contribution in [0.2, 0.25) is 0 Å². The minimum atomic E-state index is -0.965. The summed E-state index contributed by atoms with van der Waals surface area (Å²) < 4.78 is 31.7. The van der Waals surface area contributed by atoms with Crippen molar-refractivity contribution in [3.8, 4) is 0 Å². The number of likely N-dealkylation sites (tertiary alicyclic amines) is 1. The Hall–Kier alpha value is -2.05. The summed E-state index contributed by atoms with van der Waals surface area (Å²) >= 11 is 0. The van der Waals surface area contributed by atoms with E-state index in [-0.39, 0.29) is 17.8 Å². The monoisotopic (exact) mass is 327 g/mol. The van der Waals surface area contributed by atoms with Gasteiger partial charge in [0.15, 0.2) is 11.6 Å². The van der Waals surface area contributed by atoms with Gasteiger partial charge in [-0.05, 0) is 33.6 Å². The number of ether oxygens (including phenoxy) is 1. The predicted octanol–water partition coefficient (Wildman–Crippen LogP) is 3.36. The van der Waals surface area contributed by atoms with Crippen molar-refractivity contribution in [3.63, 3.8) is 0 Å². The van der Waals surface area contributed by atoms with Crippen molar-refractivity contribution in [2.75, 3.05) is 24.1 Å². The molecule has 0 radical (unpaired) electrons. The van der Waals surface area contributed by atoms with Crippen molar-refractivity contribution in [1.29, 1.82) is 0 Å². The summed E-state index contributed by atoms with van der Waals surface area (Å²) in [6.07, 6.45) is 1.03. The number of anilines is 2. The summed E-state index contributed by atoms with van der Waals surface area (Å²) in [4.78, 5) is 13.6. The minimum Gasteiger partial charge on any atom is -0.444 e. The largest absolute Gasteiger partial charge is 0.444 e. The summed E-state index contributed by atoms with van der Waals surface area (Å²) in [7, 11) is 0. The molecule has 7 heteroatoms. The standard InChI is InChI=1S/C16H23F2N3O2/c1-16(2,3)23-15(22)21-6-4-10(5-7-21)20-14-9-12(18)11(17)8-13(14)19/h8-10,20H,4-7,19H2,1-3H3. The van der Waals surface area contributed by atoms with Crippen molar-refractivity contribution in [2.45, 2.75) is 45.3 Å². The molecule has 0 bridgehead atoms. The molecule has 1 saturated heterocycles. The molecule has 5 nitrogen and oxygen atoms in total. The van der Waals surface area contributed by atoms with Gasteiger partial charge in [-0.2, -0.15) is 0 Å². The van der Waals surface area contributed by atoms with E-state index in [4.69, 9.17) is 10.5 Å². The Balaban J connectivity index is 1.90. The lowest BCUT2D eigenvalue weighted by Crippen LogP contribution is -2.44. The van der Waals surface area contributed by atoms with E-state index in [1.54, 1.807) is 4.90 Å². The first-order valence-electron chi connectivity index (χ1n) is 7.64. The van der Waals surface area contributed by atoms with Crippen LogP contribution in [0.3, 0.4) is 0 Å². The highest BCUT2D eigenvalue weighted by atomic mass is 19.2. The van der Waals surface area contributed by atoms with E-state index in [2.05, 4.69) is 5.32 Å². The molecule has 0 unspecified atom stereocenters. The van der Waals surface area contributed by atoms with Gasteiger partial charge < -0.3 is 20.7 Å². The molecule has 23 heavy (non-hydrogen) atoms. The van der Waals surface area contributed by atoms with E-state index in [9.17, 15) is 13.6 Å². The van der Waals surface area contributed by atoms with Gasteiger partial charge in [0.1, 0.15) is 5.60 Å². The first-order chi connectivity index (χ1) is 10.7. The van der Waals surface area contributed by atoms with Crippen LogP contribution in [-0.4, -0.2) is 35.7 Å². The molecule has 2 rings (SSSR count). The molecule has 1 fully saturated rings.